The van der Waals surface area contributed by atoms with Gasteiger partial charge in [0.1, 0.15) is 11.5 Å². The van der Waals surface area contributed by atoms with Crippen LogP contribution in [-0.4, -0.2) is 39.2 Å². The molecule has 0 radical (unpaired) electrons. The van der Waals surface area contributed by atoms with Crippen molar-refractivity contribution in [2.45, 2.75) is 13.0 Å². The minimum Gasteiger partial charge on any atom is -0.497 e. The molecular weight excluding hydrogens is 346 g/mol. The fourth-order valence-corrected chi connectivity index (χ4v) is 2.41. The lowest BCUT2D eigenvalue weighted by Gasteiger charge is -2.21. The number of nitrogens with zero attached hydrogens (tertiary/aromatic N) is 1. The minimum atomic E-state index is -0.910. The van der Waals surface area contributed by atoms with Crippen LogP contribution in [0, 0.1) is 0 Å². The summed E-state index contributed by atoms with van der Waals surface area (Å²) in [7, 11) is 4.74. The molecule has 0 aliphatic carbocycles. The number of anilines is 1. The van der Waals surface area contributed by atoms with Gasteiger partial charge in [-0.1, -0.05) is 18.2 Å². The van der Waals surface area contributed by atoms with Gasteiger partial charge in [-0.05, 0) is 42.8 Å². The fraction of sp³-hybridized carbons (Fsp3) is 0.238. The lowest BCUT2D eigenvalue weighted by atomic mass is 10.2. The summed E-state index contributed by atoms with van der Waals surface area (Å²) < 4.78 is 15.6. The monoisotopic (exact) mass is 369 g/mol. The Morgan fingerprint density at radius 2 is 1.59 bits per heavy atom. The summed E-state index contributed by atoms with van der Waals surface area (Å²) in [6, 6.07) is 14.4. The number of carbonyl (C=O) groups is 2. The van der Waals surface area contributed by atoms with Gasteiger partial charge in [0.05, 0.1) is 14.2 Å². The number of para-hydroxylation sites is 1. The number of hydrogen-bond acceptors (Lipinski definition) is 5. The summed E-state index contributed by atoms with van der Waals surface area (Å²) in [5, 5.41) is 0. The van der Waals surface area contributed by atoms with Gasteiger partial charge in [0, 0.05) is 24.9 Å². The molecule has 0 spiro atoms. The van der Waals surface area contributed by atoms with E-state index in [2.05, 4.69) is 0 Å². The Kier molecular flexibility index (Phi) is 7.00. The summed E-state index contributed by atoms with van der Waals surface area (Å²) in [4.78, 5) is 25.9. The van der Waals surface area contributed by atoms with Gasteiger partial charge >= 0.3 is 5.97 Å². The van der Waals surface area contributed by atoms with Crippen molar-refractivity contribution in [1.29, 1.82) is 0 Å². The number of rotatable bonds is 7. The molecule has 0 aliphatic heterocycles. The fourth-order valence-electron chi connectivity index (χ4n) is 2.41. The third kappa shape index (κ3) is 5.60. The molecular formula is C21H23NO5. The molecule has 0 heterocycles. The largest absolute Gasteiger partial charge is 0.497 e. The average molecular weight is 369 g/mol. The molecule has 0 saturated heterocycles. The van der Waals surface area contributed by atoms with E-state index >= 15 is 0 Å². The van der Waals surface area contributed by atoms with Crippen LogP contribution >= 0.6 is 0 Å². The third-order valence-corrected chi connectivity index (χ3v) is 3.90. The number of amides is 1. The highest BCUT2D eigenvalue weighted by atomic mass is 16.5. The van der Waals surface area contributed by atoms with E-state index in [1.165, 1.54) is 11.0 Å². The normalized spacial score (nSPS) is 11.7. The number of likely N-dealkylation sites (N-methyl/N-ethyl adjacent to an activating group) is 1. The first-order chi connectivity index (χ1) is 12.9. The van der Waals surface area contributed by atoms with E-state index in [1.807, 2.05) is 30.3 Å². The lowest BCUT2D eigenvalue weighted by Crippen LogP contribution is -2.37. The maximum atomic E-state index is 12.4. The highest BCUT2D eigenvalue weighted by Gasteiger charge is 2.21. The molecule has 0 bridgehead atoms. The number of carbonyl (C=O) groups excluding carboxylic acids is 2. The standard InChI is InChI=1S/C21H23NO5/c1-15(21(24)22(2)17-8-6-5-7-9-17)27-20(23)11-10-16-12-18(25-3)14-19(13-16)26-4/h5-15H,1-4H3/b11-10+/t15-/m0/s1. The first-order valence-electron chi connectivity index (χ1n) is 8.39. The Morgan fingerprint density at radius 3 is 2.15 bits per heavy atom. The SMILES string of the molecule is COc1cc(/C=C/C(=O)O[C@@H](C)C(=O)N(C)c2ccccc2)cc(OC)c1. The summed E-state index contributed by atoms with van der Waals surface area (Å²) in [5.74, 6) is 0.288. The molecule has 6 nitrogen and oxygen atoms in total. The van der Waals surface area contributed by atoms with Crippen LogP contribution in [0.5, 0.6) is 11.5 Å². The van der Waals surface area contributed by atoms with Crippen LogP contribution < -0.4 is 14.4 Å². The second kappa shape index (κ2) is 9.43. The van der Waals surface area contributed by atoms with Crippen LogP contribution in [-0.2, 0) is 14.3 Å². The van der Waals surface area contributed by atoms with Crippen LogP contribution in [0.1, 0.15) is 12.5 Å². The maximum Gasteiger partial charge on any atom is 0.331 e. The predicted molar refractivity (Wildman–Crippen MR) is 104 cm³/mol. The van der Waals surface area contributed by atoms with Crippen molar-refractivity contribution < 1.29 is 23.8 Å². The van der Waals surface area contributed by atoms with Crippen LogP contribution in [0.4, 0.5) is 5.69 Å². The topological polar surface area (TPSA) is 65.1 Å². The van der Waals surface area contributed by atoms with Gasteiger partial charge in [0.2, 0.25) is 0 Å². The van der Waals surface area contributed by atoms with Crippen molar-refractivity contribution in [3.63, 3.8) is 0 Å². The van der Waals surface area contributed by atoms with Crippen LogP contribution in [0.25, 0.3) is 6.08 Å². The van der Waals surface area contributed by atoms with E-state index in [0.717, 1.165) is 5.69 Å². The molecule has 2 rings (SSSR count). The first-order valence-corrected chi connectivity index (χ1v) is 8.39. The van der Waals surface area contributed by atoms with Crippen LogP contribution in [0.15, 0.2) is 54.6 Å². The molecule has 0 fully saturated rings. The Bertz CT molecular complexity index is 794. The zero-order valence-corrected chi connectivity index (χ0v) is 15.8. The van der Waals surface area contributed by atoms with Crippen molar-refractivity contribution in [3.8, 4) is 11.5 Å². The lowest BCUT2D eigenvalue weighted by molar-refractivity contribution is -0.148. The summed E-state index contributed by atoms with van der Waals surface area (Å²) in [5.41, 5.74) is 1.44. The quantitative estimate of drug-likeness (QED) is 0.553. The van der Waals surface area contributed by atoms with Gasteiger partial charge in [-0.25, -0.2) is 4.79 Å². The molecule has 0 N–H and O–H groups in total. The molecule has 0 aromatic heterocycles. The Labute approximate surface area is 159 Å². The zero-order chi connectivity index (χ0) is 19.8. The molecule has 6 heteroatoms. The molecule has 0 saturated carbocycles. The maximum absolute atomic E-state index is 12.4. The molecule has 1 amide bonds. The average Bonchev–Trinajstić information content (AvgIpc) is 2.71. The van der Waals surface area contributed by atoms with Crippen LogP contribution in [0.2, 0.25) is 0 Å². The van der Waals surface area contributed by atoms with E-state index in [1.54, 1.807) is 52.5 Å². The van der Waals surface area contributed by atoms with Crippen molar-refractivity contribution in [1.82, 2.24) is 0 Å². The summed E-state index contributed by atoms with van der Waals surface area (Å²) >= 11 is 0. The molecule has 0 aliphatic rings. The van der Waals surface area contributed by atoms with E-state index in [0.29, 0.717) is 17.1 Å². The highest BCUT2D eigenvalue weighted by Crippen LogP contribution is 2.23. The van der Waals surface area contributed by atoms with Gasteiger partial charge in [-0.15, -0.1) is 0 Å². The number of methoxy groups -OCH3 is 2. The van der Waals surface area contributed by atoms with E-state index in [9.17, 15) is 9.59 Å². The smallest absolute Gasteiger partial charge is 0.331 e. The van der Waals surface area contributed by atoms with Crippen molar-refractivity contribution in [2.75, 3.05) is 26.2 Å². The third-order valence-electron chi connectivity index (χ3n) is 3.90. The molecule has 1 atom stereocenters. The molecule has 2 aromatic rings. The van der Waals surface area contributed by atoms with Crippen molar-refractivity contribution in [2.24, 2.45) is 0 Å². The van der Waals surface area contributed by atoms with Gasteiger partial charge in [0.25, 0.3) is 5.91 Å². The number of benzene rings is 2. The zero-order valence-electron chi connectivity index (χ0n) is 15.8. The van der Waals surface area contributed by atoms with Gasteiger partial charge in [-0.2, -0.15) is 0 Å². The number of ether oxygens (including phenoxy) is 3. The second-order valence-electron chi connectivity index (χ2n) is 5.79. The predicted octanol–water partition coefficient (Wildman–Crippen LogP) is 3.31. The second-order valence-corrected chi connectivity index (χ2v) is 5.79. The number of esters is 1. The molecule has 2 aromatic carbocycles. The van der Waals surface area contributed by atoms with E-state index < -0.39 is 12.1 Å². The Hall–Kier alpha value is -3.28. The van der Waals surface area contributed by atoms with E-state index in [4.69, 9.17) is 14.2 Å². The highest BCUT2D eigenvalue weighted by molar-refractivity contribution is 5.98. The first kappa shape index (κ1) is 20.0. The minimum absolute atomic E-state index is 0.314. The van der Waals surface area contributed by atoms with E-state index in [-0.39, 0.29) is 5.91 Å². The Balaban J connectivity index is 2.00. The van der Waals surface area contributed by atoms with Gasteiger partial charge in [-0.3, -0.25) is 4.79 Å². The number of hydrogen-bond donors (Lipinski definition) is 0. The summed E-state index contributed by atoms with van der Waals surface area (Å²) in [6.07, 6.45) is 1.93. The van der Waals surface area contributed by atoms with Crippen molar-refractivity contribution >= 4 is 23.6 Å². The molecule has 0 unspecified atom stereocenters. The molecule has 27 heavy (non-hydrogen) atoms. The molecule has 142 valence electrons. The van der Waals surface area contributed by atoms with Crippen LogP contribution in [0.3, 0.4) is 0 Å². The Morgan fingerprint density at radius 1 is 1.00 bits per heavy atom. The van der Waals surface area contributed by atoms with Crippen molar-refractivity contribution in [3.05, 3.63) is 60.2 Å². The summed E-state index contributed by atoms with van der Waals surface area (Å²) in [6.45, 7) is 1.54. The van der Waals surface area contributed by atoms with Gasteiger partial charge in [0.15, 0.2) is 6.10 Å². The van der Waals surface area contributed by atoms with Gasteiger partial charge < -0.3 is 19.1 Å².